The third kappa shape index (κ3) is 5.59. The summed E-state index contributed by atoms with van der Waals surface area (Å²) in [5.74, 6) is -1.68. The van der Waals surface area contributed by atoms with E-state index in [4.69, 9.17) is 5.11 Å². The Kier molecular flexibility index (Phi) is 6.88. The van der Waals surface area contributed by atoms with Gasteiger partial charge in [0, 0.05) is 28.9 Å². The van der Waals surface area contributed by atoms with Crippen LogP contribution in [0.1, 0.15) is 10.4 Å². The fraction of sp³-hybridized carbons (Fsp3) is 0.136. The van der Waals surface area contributed by atoms with Crippen molar-refractivity contribution in [3.63, 3.8) is 0 Å². The average molecular weight is 475 g/mol. The monoisotopic (exact) mass is 475 g/mol. The van der Waals surface area contributed by atoms with E-state index in [1.54, 1.807) is 35.2 Å². The molecule has 2 amide bonds. The van der Waals surface area contributed by atoms with Crippen molar-refractivity contribution in [1.29, 1.82) is 0 Å². The van der Waals surface area contributed by atoms with Crippen LogP contribution in [0.5, 0.6) is 0 Å². The molecule has 34 heavy (non-hydrogen) atoms. The number of carbonyl (C=O) groups excluding carboxylic acids is 2. The quantitative estimate of drug-likeness (QED) is 0.319. The summed E-state index contributed by atoms with van der Waals surface area (Å²) in [6.45, 7) is 1.46. The first-order chi connectivity index (χ1) is 16.4. The molecule has 0 aliphatic rings. The summed E-state index contributed by atoms with van der Waals surface area (Å²) in [5.41, 5.74) is 3.43. The highest BCUT2D eigenvalue weighted by atomic mass is 32.1. The highest BCUT2D eigenvalue weighted by Gasteiger charge is 2.13. The predicted molar refractivity (Wildman–Crippen MR) is 129 cm³/mol. The molecule has 0 bridgehead atoms. The van der Waals surface area contributed by atoms with Crippen molar-refractivity contribution in [1.82, 2.24) is 24.6 Å². The Morgan fingerprint density at radius 2 is 1.91 bits per heavy atom. The molecule has 0 fully saturated rings. The Morgan fingerprint density at radius 1 is 1.12 bits per heavy atom. The van der Waals surface area contributed by atoms with Gasteiger partial charge in [-0.3, -0.25) is 19.1 Å². The number of nitrogens with zero attached hydrogens (tertiary/aromatic N) is 4. The number of hydrogen-bond donors (Lipinski definition) is 3. The lowest BCUT2D eigenvalue weighted by Crippen LogP contribution is -2.32. The van der Waals surface area contributed by atoms with Crippen LogP contribution < -0.4 is 10.6 Å². The Labute approximate surface area is 199 Å². The number of nitrogens with one attached hydrogen (secondary N) is 2. The van der Waals surface area contributed by atoms with Crippen molar-refractivity contribution in [3.05, 3.63) is 65.9 Å². The zero-order valence-corrected chi connectivity index (χ0v) is 19.0. The van der Waals surface area contributed by atoms with E-state index in [0.717, 1.165) is 11.1 Å². The number of carbonyl (C=O) groups is 3. The van der Waals surface area contributed by atoms with E-state index >= 15 is 0 Å². The molecule has 10 nitrogen and oxygen atoms in total. The van der Waals surface area contributed by atoms with Crippen molar-refractivity contribution in [2.45, 2.75) is 13.4 Å². The zero-order chi connectivity index (χ0) is 24.1. The first-order valence-corrected chi connectivity index (χ1v) is 11.2. The number of amides is 2. The maximum atomic E-state index is 12.3. The zero-order valence-electron chi connectivity index (χ0n) is 18.1. The van der Waals surface area contributed by atoms with Gasteiger partial charge in [-0.1, -0.05) is 25.0 Å². The molecule has 3 N–H and O–H groups in total. The molecule has 0 atom stereocenters. The largest absolute Gasteiger partial charge is 0.480 e. The third-order valence-corrected chi connectivity index (χ3v) is 5.58. The second-order valence-corrected chi connectivity index (χ2v) is 8.11. The van der Waals surface area contributed by atoms with Crippen LogP contribution >= 0.6 is 11.3 Å². The molecule has 171 valence electrons. The van der Waals surface area contributed by atoms with Crippen LogP contribution in [0.2, 0.25) is 6.82 Å². The minimum Gasteiger partial charge on any atom is -0.480 e. The summed E-state index contributed by atoms with van der Waals surface area (Å²) >= 11 is 1.27. The Morgan fingerprint density at radius 3 is 2.65 bits per heavy atom. The maximum Gasteiger partial charge on any atom is 0.325 e. The normalized spacial score (nSPS) is 10.6. The van der Waals surface area contributed by atoms with Gasteiger partial charge in [0.2, 0.25) is 13.3 Å². The van der Waals surface area contributed by atoms with Gasteiger partial charge in [0.05, 0.1) is 23.5 Å². The smallest absolute Gasteiger partial charge is 0.325 e. The number of aromatic nitrogens is 4. The van der Waals surface area contributed by atoms with Gasteiger partial charge in [-0.05, 0) is 24.4 Å². The molecule has 1 radical (unpaired) electrons. The number of rotatable bonds is 9. The second kappa shape index (κ2) is 10.2. The predicted octanol–water partition coefficient (Wildman–Crippen LogP) is 2.44. The molecule has 0 aliphatic carbocycles. The lowest BCUT2D eigenvalue weighted by atomic mass is 10.0. The topological polar surface area (TPSA) is 131 Å². The number of carboxylic acid groups (broad SMARTS) is 1. The van der Waals surface area contributed by atoms with E-state index in [1.807, 2.05) is 43.9 Å². The van der Waals surface area contributed by atoms with Gasteiger partial charge in [0.25, 0.3) is 5.91 Å². The van der Waals surface area contributed by atoms with Crippen molar-refractivity contribution in [2.24, 2.45) is 0 Å². The van der Waals surface area contributed by atoms with Gasteiger partial charge in [-0.15, -0.1) is 11.3 Å². The van der Waals surface area contributed by atoms with Crippen LogP contribution in [0.15, 0.2) is 60.4 Å². The SMILES string of the molecule is C[B]n1ccc(C(=O)NCC(=O)Nc2nc(-c3cccc(-c4ccn(CC(=O)O)n4)c3)cs2)c1. The molecule has 3 aromatic heterocycles. The molecule has 4 aromatic rings. The fourth-order valence-corrected chi connectivity index (χ4v) is 3.91. The van der Waals surface area contributed by atoms with Crippen molar-refractivity contribution < 1.29 is 19.5 Å². The van der Waals surface area contributed by atoms with E-state index in [-0.39, 0.29) is 24.9 Å². The van der Waals surface area contributed by atoms with E-state index < -0.39 is 5.97 Å². The number of hydrogen-bond acceptors (Lipinski definition) is 6. The van der Waals surface area contributed by atoms with Gasteiger partial charge in [-0.2, -0.15) is 5.10 Å². The Balaban J connectivity index is 1.37. The number of benzene rings is 1. The molecular weight excluding hydrogens is 455 g/mol. The molecule has 0 spiro atoms. The van der Waals surface area contributed by atoms with Crippen LogP contribution in [-0.2, 0) is 16.1 Å². The highest BCUT2D eigenvalue weighted by Crippen LogP contribution is 2.28. The Bertz CT molecular complexity index is 1340. The average Bonchev–Trinajstić information content (AvgIpc) is 3.58. The molecule has 3 heterocycles. The van der Waals surface area contributed by atoms with Crippen molar-refractivity contribution >= 4 is 41.7 Å². The highest BCUT2D eigenvalue weighted by molar-refractivity contribution is 7.14. The lowest BCUT2D eigenvalue weighted by Gasteiger charge is -2.04. The van der Waals surface area contributed by atoms with Gasteiger partial charge >= 0.3 is 5.97 Å². The summed E-state index contributed by atoms with van der Waals surface area (Å²) in [6, 6.07) is 10.9. The summed E-state index contributed by atoms with van der Waals surface area (Å²) in [6.07, 6.45) is 5.04. The molecule has 0 saturated heterocycles. The number of aliphatic carboxylic acids is 1. The minimum absolute atomic E-state index is 0.177. The molecule has 0 saturated carbocycles. The lowest BCUT2D eigenvalue weighted by molar-refractivity contribution is -0.137. The van der Waals surface area contributed by atoms with Crippen LogP contribution in [0, 0.1) is 0 Å². The molecule has 0 unspecified atom stereocenters. The standard InChI is InChI=1S/C22H20BN6O4S/c1-23-28-7-5-16(11-28)21(33)24-10-19(30)26-22-25-18(13-34-22)15-4-2-3-14(9-15)17-6-8-29(27-17)12-20(31)32/h2-9,11,13H,10,12H2,1H3,(H,24,33)(H,31,32)(H,25,26,30). The van der Waals surface area contributed by atoms with Crippen molar-refractivity contribution in [2.75, 3.05) is 11.9 Å². The molecule has 0 aliphatic heterocycles. The summed E-state index contributed by atoms with van der Waals surface area (Å²) in [5, 5.41) is 20.7. The number of anilines is 1. The third-order valence-electron chi connectivity index (χ3n) is 4.83. The molecular formula is C22H20BN6O4S. The number of thiazole rings is 1. The van der Waals surface area contributed by atoms with Crippen LogP contribution in [0.3, 0.4) is 0 Å². The van der Waals surface area contributed by atoms with E-state index in [0.29, 0.717) is 22.1 Å². The first kappa shape index (κ1) is 23.0. The number of carboxylic acids is 1. The van der Waals surface area contributed by atoms with Gasteiger partial charge in [0.15, 0.2) is 5.13 Å². The summed E-state index contributed by atoms with van der Waals surface area (Å²) in [7, 11) is 1.81. The minimum atomic E-state index is -0.964. The first-order valence-electron chi connectivity index (χ1n) is 10.3. The second-order valence-electron chi connectivity index (χ2n) is 7.25. The fourth-order valence-electron chi connectivity index (χ4n) is 3.18. The van der Waals surface area contributed by atoms with Gasteiger partial charge < -0.3 is 20.2 Å². The maximum absolute atomic E-state index is 12.3. The van der Waals surface area contributed by atoms with E-state index in [9.17, 15) is 14.4 Å². The van der Waals surface area contributed by atoms with Crippen LogP contribution in [0.25, 0.3) is 22.5 Å². The van der Waals surface area contributed by atoms with E-state index in [2.05, 4.69) is 20.7 Å². The molecule has 4 rings (SSSR count). The molecule has 12 heteroatoms. The van der Waals surface area contributed by atoms with Gasteiger partial charge in [0.1, 0.15) is 6.54 Å². The Hall–Kier alpha value is -4.19. The summed E-state index contributed by atoms with van der Waals surface area (Å²) < 4.78 is 3.11. The van der Waals surface area contributed by atoms with Crippen LogP contribution in [0.4, 0.5) is 5.13 Å². The molecule has 1 aromatic carbocycles. The van der Waals surface area contributed by atoms with Crippen molar-refractivity contribution in [3.8, 4) is 22.5 Å². The van der Waals surface area contributed by atoms with E-state index in [1.165, 1.54) is 16.0 Å². The van der Waals surface area contributed by atoms with Crippen LogP contribution in [-0.4, -0.2) is 56.1 Å². The summed E-state index contributed by atoms with van der Waals surface area (Å²) in [4.78, 5) is 39.7. The van der Waals surface area contributed by atoms with Gasteiger partial charge in [-0.25, -0.2) is 4.98 Å².